The summed E-state index contributed by atoms with van der Waals surface area (Å²) in [4.78, 5) is 7.93. The first kappa shape index (κ1) is 12.5. The lowest BCUT2D eigenvalue weighted by atomic mass is 10.2. The first-order valence-electron chi connectivity index (χ1n) is 5.41. The van der Waals surface area contributed by atoms with Gasteiger partial charge < -0.3 is 16.2 Å². The number of hydrogen-bond acceptors (Lipinski definition) is 5. The molecule has 0 aliphatic heterocycles. The zero-order valence-electron chi connectivity index (χ0n) is 9.97. The van der Waals surface area contributed by atoms with E-state index < -0.39 is 0 Å². The van der Waals surface area contributed by atoms with Gasteiger partial charge in [-0.05, 0) is 23.8 Å². The Morgan fingerprint density at radius 2 is 1.95 bits per heavy atom. The Morgan fingerprint density at radius 3 is 2.68 bits per heavy atom. The van der Waals surface area contributed by atoms with Crippen molar-refractivity contribution in [2.24, 2.45) is 21.7 Å². The maximum absolute atomic E-state index is 5.48. The molecule has 1 heterocycles. The van der Waals surface area contributed by atoms with Crippen LogP contribution in [0, 0.1) is 0 Å². The second-order valence-corrected chi connectivity index (χ2v) is 3.48. The Bertz CT molecular complexity index is 592. The molecule has 0 aliphatic rings. The van der Waals surface area contributed by atoms with Gasteiger partial charge in [0.2, 0.25) is 5.96 Å². The van der Waals surface area contributed by atoms with E-state index in [0.717, 1.165) is 5.56 Å². The van der Waals surface area contributed by atoms with Crippen molar-refractivity contribution in [2.75, 3.05) is 0 Å². The molecule has 0 bridgehead atoms. The van der Waals surface area contributed by atoms with Crippen LogP contribution in [0.5, 0.6) is 11.8 Å². The van der Waals surface area contributed by atoms with E-state index in [1.54, 1.807) is 30.6 Å². The molecule has 0 spiro atoms. The van der Waals surface area contributed by atoms with E-state index in [4.69, 9.17) is 16.2 Å². The fourth-order valence-corrected chi connectivity index (χ4v) is 1.26. The molecule has 0 atom stereocenters. The number of rotatable bonds is 4. The molecule has 4 N–H and O–H groups in total. The highest BCUT2D eigenvalue weighted by atomic mass is 16.5. The number of ether oxygens (including phenoxy) is 1. The zero-order chi connectivity index (χ0) is 13.5. The number of nitrogens with two attached hydrogens (primary N) is 2. The summed E-state index contributed by atoms with van der Waals surface area (Å²) < 4.78 is 5.48. The van der Waals surface area contributed by atoms with Gasteiger partial charge in [0.15, 0.2) is 0 Å². The first-order chi connectivity index (χ1) is 9.24. The Hall–Kier alpha value is -2.96. The smallest absolute Gasteiger partial charge is 0.321 e. The van der Waals surface area contributed by atoms with Crippen LogP contribution in [0.25, 0.3) is 0 Å². The first-order valence-corrected chi connectivity index (χ1v) is 5.41. The van der Waals surface area contributed by atoms with Gasteiger partial charge in [0.25, 0.3) is 0 Å². The molecule has 7 nitrogen and oxygen atoms in total. The topological polar surface area (TPSA) is 112 Å². The van der Waals surface area contributed by atoms with Crippen molar-refractivity contribution >= 4 is 12.2 Å². The van der Waals surface area contributed by atoms with Crippen LogP contribution < -0.4 is 16.2 Å². The molecule has 0 radical (unpaired) electrons. The maximum Gasteiger partial charge on any atom is 0.321 e. The fourth-order valence-electron chi connectivity index (χ4n) is 1.26. The van der Waals surface area contributed by atoms with Crippen LogP contribution in [0.3, 0.4) is 0 Å². The maximum atomic E-state index is 5.48. The second-order valence-electron chi connectivity index (χ2n) is 3.48. The number of nitrogens with zero attached hydrogens (tertiary/aromatic N) is 4. The van der Waals surface area contributed by atoms with Crippen LogP contribution >= 0.6 is 0 Å². The molecule has 7 heteroatoms. The van der Waals surface area contributed by atoms with Gasteiger partial charge in [0.05, 0.1) is 6.21 Å². The van der Waals surface area contributed by atoms with Gasteiger partial charge in [-0.1, -0.05) is 12.1 Å². The molecule has 0 amide bonds. The number of hydrogen-bond donors (Lipinski definition) is 2. The molecular formula is C12H12N6O. The van der Waals surface area contributed by atoms with Crippen LogP contribution in [-0.4, -0.2) is 22.1 Å². The SMILES string of the molecule is NC(N)=NN=Cc1cccc(Oc2ncccn2)c1. The molecule has 0 fully saturated rings. The minimum Gasteiger partial charge on any atom is -0.424 e. The lowest BCUT2D eigenvalue weighted by Crippen LogP contribution is -2.21. The number of benzene rings is 1. The van der Waals surface area contributed by atoms with Gasteiger partial charge in [0.1, 0.15) is 5.75 Å². The molecule has 2 rings (SSSR count). The quantitative estimate of drug-likeness (QED) is 0.479. The van der Waals surface area contributed by atoms with E-state index in [1.165, 1.54) is 6.21 Å². The zero-order valence-corrected chi connectivity index (χ0v) is 9.97. The van der Waals surface area contributed by atoms with Crippen LogP contribution in [0.2, 0.25) is 0 Å². The summed E-state index contributed by atoms with van der Waals surface area (Å²) in [6, 6.07) is 9.20. The second kappa shape index (κ2) is 6.10. The van der Waals surface area contributed by atoms with Crippen LogP contribution in [-0.2, 0) is 0 Å². The predicted octanol–water partition coefficient (Wildman–Crippen LogP) is 0.876. The lowest BCUT2D eigenvalue weighted by molar-refractivity contribution is 0.441. The summed E-state index contributed by atoms with van der Waals surface area (Å²) >= 11 is 0. The van der Waals surface area contributed by atoms with Crippen LogP contribution in [0.15, 0.2) is 52.9 Å². The van der Waals surface area contributed by atoms with Gasteiger partial charge in [-0.2, -0.15) is 5.10 Å². The Kier molecular flexibility index (Phi) is 4.01. The van der Waals surface area contributed by atoms with Crippen molar-refractivity contribution < 1.29 is 4.74 Å². The van der Waals surface area contributed by atoms with E-state index in [0.29, 0.717) is 5.75 Å². The van der Waals surface area contributed by atoms with E-state index in [-0.39, 0.29) is 12.0 Å². The Morgan fingerprint density at radius 1 is 1.16 bits per heavy atom. The number of aromatic nitrogens is 2. The van der Waals surface area contributed by atoms with Crippen molar-refractivity contribution in [2.45, 2.75) is 0 Å². The summed E-state index contributed by atoms with van der Waals surface area (Å²) in [7, 11) is 0. The van der Waals surface area contributed by atoms with Gasteiger partial charge in [0, 0.05) is 12.4 Å². The highest BCUT2D eigenvalue weighted by molar-refractivity contribution is 5.82. The van der Waals surface area contributed by atoms with Crippen molar-refractivity contribution in [3.05, 3.63) is 48.3 Å². The lowest BCUT2D eigenvalue weighted by Gasteiger charge is -2.03. The summed E-state index contributed by atoms with van der Waals surface area (Å²) in [6.45, 7) is 0. The predicted molar refractivity (Wildman–Crippen MR) is 72.0 cm³/mol. The Balaban J connectivity index is 2.11. The fraction of sp³-hybridized carbons (Fsp3) is 0. The average Bonchev–Trinajstić information content (AvgIpc) is 2.40. The van der Waals surface area contributed by atoms with Gasteiger partial charge >= 0.3 is 6.01 Å². The normalized spacial score (nSPS) is 10.3. The molecule has 0 saturated heterocycles. The van der Waals surface area contributed by atoms with Crippen molar-refractivity contribution in [1.29, 1.82) is 0 Å². The minimum absolute atomic E-state index is 0.0960. The van der Waals surface area contributed by atoms with Gasteiger partial charge in [-0.3, -0.25) is 0 Å². The van der Waals surface area contributed by atoms with E-state index in [1.807, 2.05) is 12.1 Å². The Labute approximate surface area is 109 Å². The standard InChI is InChI=1S/C12H12N6O/c13-11(14)18-17-8-9-3-1-4-10(7-9)19-12-15-5-2-6-16-12/h1-8H,(H4,13,14,18). The van der Waals surface area contributed by atoms with E-state index in [2.05, 4.69) is 20.2 Å². The third-order valence-corrected chi connectivity index (χ3v) is 1.99. The molecule has 1 aromatic heterocycles. The number of guanidine groups is 1. The summed E-state index contributed by atoms with van der Waals surface area (Å²) in [5, 5.41) is 7.23. The van der Waals surface area contributed by atoms with E-state index >= 15 is 0 Å². The van der Waals surface area contributed by atoms with Gasteiger partial charge in [-0.15, -0.1) is 5.10 Å². The van der Waals surface area contributed by atoms with Crippen molar-refractivity contribution in [3.63, 3.8) is 0 Å². The highest BCUT2D eigenvalue weighted by Crippen LogP contribution is 2.17. The molecule has 96 valence electrons. The highest BCUT2D eigenvalue weighted by Gasteiger charge is 1.99. The molecule has 2 aromatic rings. The van der Waals surface area contributed by atoms with Crippen molar-refractivity contribution in [1.82, 2.24) is 9.97 Å². The molecule has 0 saturated carbocycles. The van der Waals surface area contributed by atoms with Gasteiger partial charge in [-0.25, -0.2) is 9.97 Å². The molecule has 1 aromatic carbocycles. The molecular weight excluding hydrogens is 244 g/mol. The third-order valence-electron chi connectivity index (χ3n) is 1.99. The van der Waals surface area contributed by atoms with Crippen LogP contribution in [0.4, 0.5) is 0 Å². The summed E-state index contributed by atoms with van der Waals surface area (Å²) in [6.07, 6.45) is 4.72. The summed E-state index contributed by atoms with van der Waals surface area (Å²) in [5.74, 6) is 0.501. The average molecular weight is 256 g/mol. The van der Waals surface area contributed by atoms with E-state index in [9.17, 15) is 0 Å². The van der Waals surface area contributed by atoms with Crippen LogP contribution in [0.1, 0.15) is 5.56 Å². The van der Waals surface area contributed by atoms with Crippen molar-refractivity contribution in [3.8, 4) is 11.8 Å². The molecule has 0 aliphatic carbocycles. The molecule has 0 unspecified atom stereocenters. The monoisotopic (exact) mass is 256 g/mol. The minimum atomic E-state index is -0.0960. The third kappa shape index (κ3) is 4.08. The molecule has 19 heavy (non-hydrogen) atoms. The summed E-state index contributed by atoms with van der Waals surface area (Å²) in [5.41, 5.74) is 11.1. The largest absolute Gasteiger partial charge is 0.424 e.